The van der Waals surface area contributed by atoms with E-state index in [-0.39, 0.29) is 0 Å². The molecule has 1 aromatic heterocycles. The zero-order chi connectivity index (χ0) is 13.4. The van der Waals surface area contributed by atoms with Crippen molar-refractivity contribution in [2.75, 3.05) is 0 Å². The first kappa shape index (κ1) is 13.5. The molecule has 96 valence electrons. The summed E-state index contributed by atoms with van der Waals surface area (Å²) >= 11 is 0. The lowest BCUT2D eigenvalue weighted by Gasteiger charge is -2.21. The van der Waals surface area contributed by atoms with Crippen LogP contribution in [0.3, 0.4) is 0 Å². The summed E-state index contributed by atoms with van der Waals surface area (Å²) in [5, 5.41) is 6.14. The number of aryl methyl sites for hydroxylation is 1. The molecule has 0 aromatic carbocycles. The lowest BCUT2D eigenvalue weighted by Crippen LogP contribution is -2.43. The van der Waals surface area contributed by atoms with E-state index in [1.165, 1.54) is 0 Å². The minimum Gasteiger partial charge on any atom is -0.291 e. The molecule has 0 unspecified atom stereocenters. The first-order chi connectivity index (χ1) is 7.55. The summed E-state index contributed by atoms with van der Waals surface area (Å²) in [6, 6.07) is 0. The summed E-state index contributed by atoms with van der Waals surface area (Å²) in [7, 11) is 1.02. The standard InChI is InChI=1S/C7H5F6N3O/c1-16-3(2-14-15-16)4(17)5(6(8,9)10)7(11,12)13/h2,5H,1H3. The fourth-order valence-electron chi connectivity index (χ4n) is 1.14. The number of alkyl halides is 6. The van der Waals surface area contributed by atoms with Crippen molar-refractivity contribution < 1.29 is 31.1 Å². The van der Waals surface area contributed by atoms with Crippen LogP contribution >= 0.6 is 0 Å². The molecule has 0 atom stereocenters. The van der Waals surface area contributed by atoms with Crippen LogP contribution in [-0.4, -0.2) is 33.1 Å². The van der Waals surface area contributed by atoms with Gasteiger partial charge in [0.2, 0.25) is 11.7 Å². The smallest absolute Gasteiger partial charge is 0.291 e. The minimum atomic E-state index is -5.71. The molecular formula is C7H5F6N3O. The second-order valence-electron chi connectivity index (χ2n) is 3.12. The Hall–Kier alpha value is -1.61. The molecule has 17 heavy (non-hydrogen) atoms. The third-order valence-electron chi connectivity index (χ3n) is 1.88. The number of hydrogen-bond acceptors (Lipinski definition) is 3. The molecule has 1 rings (SSSR count). The third-order valence-corrected chi connectivity index (χ3v) is 1.88. The topological polar surface area (TPSA) is 47.8 Å². The molecule has 4 nitrogen and oxygen atoms in total. The van der Waals surface area contributed by atoms with Crippen LogP contribution in [-0.2, 0) is 7.05 Å². The Morgan fingerprint density at radius 1 is 1.24 bits per heavy atom. The number of nitrogens with zero attached hydrogens (tertiary/aromatic N) is 3. The second kappa shape index (κ2) is 4.00. The molecule has 0 saturated carbocycles. The summed E-state index contributed by atoms with van der Waals surface area (Å²) in [5.41, 5.74) is -0.857. The van der Waals surface area contributed by atoms with E-state index >= 15 is 0 Å². The van der Waals surface area contributed by atoms with Crippen molar-refractivity contribution in [3.8, 4) is 0 Å². The molecule has 0 spiro atoms. The van der Waals surface area contributed by atoms with E-state index in [1.54, 1.807) is 0 Å². The van der Waals surface area contributed by atoms with E-state index in [0.717, 1.165) is 7.05 Å². The van der Waals surface area contributed by atoms with Gasteiger partial charge >= 0.3 is 12.4 Å². The average molecular weight is 261 g/mol. The molecule has 0 bridgehead atoms. The van der Waals surface area contributed by atoms with Crippen LogP contribution in [0.1, 0.15) is 10.5 Å². The Morgan fingerprint density at radius 2 is 1.71 bits per heavy atom. The number of rotatable bonds is 2. The van der Waals surface area contributed by atoms with Crippen LogP contribution in [0.15, 0.2) is 6.20 Å². The number of aromatic nitrogens is 3. The predicted molar refractivity (Wildman–Crippen MR) is 40.9 cm³/mol. The van der Waals surface area contributed by atoms with E-state index in [0.29, 0.717) is 10.9 Å². The maximum atomic E-state index is 12.2. The Balaban J connectivity index is 3.18. The molecule has 0 amide bonds. The van der Waals surface area contributed by atoms with Crippen molar-refractivity contribution in [1.82, 2.24) is 15.0 Å². The first-order valence-electron chi connectivity index (χ1n) is 4.07. The van der Waals surface area contributed by atoms with Gasteiger partial charge in [-0.05, 0) is 0 Å². The number of carbonyl (C=O) groups excluding carboxylic acids is 1. The fraction of sp³-hybridized carbons (Fsp3) is 0.571. The second-order valence-corrected chi connectivity index (χ2v) is 3.12. The average Bonchev–Trinajstić information content (AvgIpc) is 2.45. The van der Waals surface area contributed by atoms with E-state index in [1.807, 2.05) is 0 Å². The Labute approximate surface area is 90.2 Å². The Morgan fingerprint density at radius 3 is 2.00 bits per heavy atom. The van der Waals surface area contributed by atoms with E-state index < -0.39 is 29.7 Å². The van der Waals surface area contributed by atoms with Crippen molar-refractivity contribution in [3.05, 3.63) is 11.9 Å². The molecule has 0 radical (unpaired) electrons. The number of halogens is 6. The summed E-state index contributed by atoms with van der Waals surface area (Å²) in [4.78, 5) is 11.2. The van der Waals surface area contributed by atoms with Crippen LogP contribution in [0.25, 0.3) is 0 Å². The number of Topliss-reactive ketones (excluding diaryl/α,β-unsaturated/α-hetero) is 1. The highest BCUT2D eigenvalue weighted by atomic mass is 19.4. The lowest BCUT2D eigenvalue weighted by atomic mass is 10.0. The van der Waals surface area contributed by atoms with E-state index in [4.69, 9.17) is 0 Å². The highest BCUT2D eigenvalue weighted by Crippen LogP contribution is 2.40. The maximum Gasteiger partial charge on any atom is 0.407 e. The third kappa shape index (κ3) is 2.74. The zero-order valence-electron chi connectivity index (χ0n) is 8.17. The molecule has 10 heteroatoms. The zero-order valence-corrected chi connectivity index (χ0v) is 8.17. The van der Waals surface area contributed by atoms with Gasteiger partial charge in [0.25, 0.3) is 0 Å². The van der Waals surface area contributed by atoms with Gasteiger partial charge in [-0.25, -0.2) is 4.68 Å². The lowest BCUT2D eigenvalue weighted by molar-refractivity contribution is -0.265. The van der Waals surface area contributed by atoms with Crippen LogP contribution < -0.4 is 0 Å². The minimum absolute atomic E-state index is 0.548. The highest BCUT2D eigenvalue weighted by Gasteiger charge is 2.61. The fourth-order valence-corrected chi connectivity index (χ4v) is 1.14. The van der Waals surface area contributed by atoms with Gasteiger partial charge in [-0.3, -0.25) is 4.79 Å². The van der Waals surface area contributed by atoms with E-state index in [2.05, 4.69) is 10.3 Å². The highest BCUT2D eigenvalue weighted by molar-refractivity contribution is 5.97. The van der Waals surface area contributed by atoms with Crippen LogP contribution in [0.4, 0.5) is 26.3 Å². The van der Waals surface area contributed by atoms with Crippen LogP contribution in [0.5, 0.6) is 0 Å². The van der Waals surface area contributed by atoms with Crippen molar-refractivity contribution in [2.45, 2.75) is 12.4 Å². The largest absolute Gasteiger partial charge is 0.407 e. The van der Waals surface area contributed by atoms with Gasteiger partial charge in [0.15, 0.2) is 0 Å². The summed E-state index contributed by atoms with van der Waals surface area (Å²) in [5.74, 6) is -6.19. The van der Waals surface area contributed by atoms with Crippen LogP contribution in [0, 0.1) is 5.92 Å². The van der Waals surface area contributed by atoms with Gasteiger partial charge in [0.1, 0.15) is 5.69 Å². The molecular weight excluding hydrogens is 256 g/mol. The van der Waals surface area contributed by atoms with Crippen molar-refractivity contribution in [3.63, 3.8) is 0 Å². The van der Waals surface area contributed by atoms with Crippen LogP contribution in [0.2, 0.25) is 0 Å². The van der Waals surface area contributed by atoms with Gasteiger partial charge in [-0.15, -0.1) is 5.10 Å². The normalized spacial score (nSPS) is 13.2. The molecule has 1 aromatic rings. The monoisotopic (exact) mass is 261 g/mol. The first-order valence-corrected chi connectivity index (χ1v) is 4.07. The molecule has 0 aliphatic rings. The summed E-state index contributed by atoms with van der Waals surface area (Å²) in [6.07, 6.45) is -10.9. The maximum absolute atomic E-state index is 12.2. The van der Waals surface area contributed by atoms with Gasteiger partial charge in [-0.1, -0.05) is 5.21 Å². The molecule has 1 heterocycles. The number of ketones is 1. The van der Waals surface area contributed by atoms with E-state index in [9.17, 15) is 31.1 Å². The summed E-state index contributed by atoms with van der Waals surface area (Å²) in [6.45, 7) is 0. The molecule has 0 saturated heterocycles. The molecule has 0 N–H and O–H groups in total. The SMILES string of the molecule is Cn1nncc1C(=O)C(C(F)(F)F)C(F)(F)F. The Kier molecular flexibility index (Phi) is 3.17. The van der Waals surface area contributed by atoms with Gasteiger partial charge in [-0.2, -0.15) is 26.3 Å². The van der Waals surface area contributed by atoms with Crippen molar-refractivity contribution >= 4 is 5.78 Å². The molecule has 0 fully saturated rings. The predicted octanol–water partition coefficient (Wildman–Crippen LogP) is 1.74. The quantitative estimate of drug-likeness (QED) is 0.601. The van der Waals surface area contributed by atoms with Gasteiger partial charge in [0.05, 0.1) is 6.20 Å². The Bertz CT molecular complexity index is 406. The molecule has 0 aliphatic carbocycles. The molecule has 0 aliphatic heterocycles. The van der Waals surface area contributed by atoms with Gasteiger partial charge in [0, 0.05) is 7.05 Å². The number of carbonyl (C=O) groups is 1. The van der Waals surface area contributed by atoms with Gasteiger partial charge < -0.3 is 0 Å². The number of hydrogen-bond donors (Lipinski definition) is 0. The van der Waals surface area contributed by atoms with Crippen molar-refractivity contribution in [2.24, 2.45) is 13.0 Å². The summed E-state index contributed by atoms with van der Waals surface area (Å²) < 4.78 is 73.7. The van der Waals surface area contributed by atoms with Crippen molar-refractivity contribution in [1.29, 1.82) is 0 Å².